The molecule has 0 N–H and O–H groups in total. The van der Waals surface area contributed by atoms with Crippen LogP contribution in [0.3, 0.4) is 0 Å². The quantitative estimate of drug-likeness (QED) is 0.394. The maximum absolute atomic E-state index is 13.2. The van der Waals surface area contributed by atoms with E-state index in [0.29, 0.717) is 43.6 Å². The van der Waals surface area contributed by atoms with Gasteiger partial charge in [-0.1, -0.05) is 17.4 Å². The Labute approximate surface area is 216 Å². The van der Waals surface area contributed by atoms with Gasteiger partial charge in [0.05, 0.1) is 20.8 Å². The molecular weight excluding hydrogens is 526 g/mol. The van der Waals surface area contributed by atoms with E-state index in [9.17, 15) is 18.0 Å². The molecule has 3 aromatic rings. The Balaban J connectivity index is 1.65. The van der Waals surface area contributed by atoms with Crippen LogP contribution in [0, 0.1) is 5.92 Å². The highest BCUT2D eigenvalue weighted by Crippen LogP contribution is 2.35. The number of fused-ring (bicyclic) bond motifs is 1. The molecule has 1 aliphatic heterocycles. The van der Waals surface area contributed by atoms with E-state index in [4.69, 9.17) is 14.2 Å². The predicted molar refractivity (Wildman–Crippen MR) is 136 cm³/mol. The van der Waals surface area contributed by atoms with Gasteiger partial charge in [-0.15, -0.1) is 11.3 Å². The number of ether oxygens (including phenoxy) is 3. The molecular formula is C23H27N3O7S3. The fourth-order valence-electron chi connectivity index (χ4n) is 4.09. The molecule has 1 fully saturated rings. The highest BCUT2D eigenvalue weighted by atomic mass is 32.2. The van der Waals surface area contributed by atoms with Gasteiger partial charge in [0.15, 0.2) is 4.80 Å². The van der Waals surface area contributed by atoms with Crippen molar-refractivity contribution >= 4 is 54.8 Å². The highest BCUT2D eigenvalue weighted by Gasteiger charge is 2.32. The summed E-state index contributed by atoms with van der Waals surface area (Å²) in [6, 6.07) is 6.76. The fraction of sp³-hybridized carbons (Fsp3) is 0.435. The molecule has 1 aromatic carbocycles. The lowest BCUT2D eigenvalue weighted by atomic mass is 9.98. The van der Waals surface area contributed by atoms with Crippen LogP contribution < -0.4 is 14.3 Å². The molecule has 1 amide bonds. The van der Waals surface area contributed by atoms with Gasteiger partial charge >= 0.3 is 5.97 Å². The summed E-state index contributed by atoms with van der Waals surface area (Å²) in [6.45, 7) is 2.27. The third kappa shape index (κ3) is 5.19. The molecule has 2 aromatic heterocycles. The van der Waals surface area contributed by atoms with Gasteiger partial charge in [0.1, 0.15) is 32.5 Å². The SMILES string of the molecule is CCOC(=O)Cn1c(=NC(=O)C2CCN(S(=O)(=O)c3cccs3)CC2)sc2c(OC)ccc(OC)c21. The maximum Gasteiger partial charge on any atom is 0.326 e. The van der Waals surface area contributed by atoms with Gasteiger partial charge in [-0.2, -0.15) is 9.30 Å². The van der Waals surface area contributed by atoms with Gasteiger partial charge in [-0.3, -0.25) is 9.59 Å². The Morgan fingerprint density at radius 2 is 1.81 bits per heavy atom. The van der Waals surface area contributed by atoms with Crippen LogP contribution in [0.4, 0.5) is 0 Å². The summed E-state index contributed by atoms with van der Waals surface area (Å²) in [5, 5.41) is 1.72. The van der Waals surface area contributed by atoms with Gasteiger partial charge in [-0.05, 0) is 43.3 Å². The zero-order valence-electron chi connectivity index (χ0n) is 20.1. The fourth-order valence-corrected chi connectivity index (χ4v) is 7.85. The number of piperidine rings is 1. The molecule has 0 radical (unpaired) electrons. The summed E-state index contributed by atoms with van der Waals surface area (Å²) in [4.78, 5) is 30.3. The summed E-state index contributed by atoms with van der Waals surface area (Å²) in [7, 11) is -0.497. The average molecular weight is 554 g/mol. The summed E-state index contributed by atoms with van der Waals surface area (Å²) in [6.07, 6.45) is 0.727. The molecule has 4 rings (SSSR count). The minimum atomic E-state index is -3.56. The van der Waals surface area contributed by atoms with Crippen LogP contribution in [0.15, 0.2) is 38.8 Å². The van der Waals surface area contributed by atoms with Gasteiger partial charge in [-0.25, -0.2) is 8.42 Å². The van der Waals surface area contributed by atoms with Crippen LogP contribution in [0.1, 0.15) is 19.8 Å². The Morgan fingerprint density at radius 3 is 2.42 bits per heavy atom. The normalized spacial score (nSPS) is 15.8. The molecule has 0 spiro atoms. The smallest absolute Gasteiger partial charge is 0.326 e. The van der Waals surface area contributed by atoms with Crippen molar-refractivity contribution in [2.75, 3.05) is 33.9 Å². The zero-order chi connectivity index (χ0) is 25.9. The molecule has 13 heteroatoms. The number of thiophene rings is 1. The number of carbonyl (C=O) groups is 2. The van der Waals surface area contributed by atoms with Crippen LogP contribution in [0.5, 0.6) is 11.5 Å². The number of sulfonamides is 1. The van der Waals surface area contributed by atoms with Crippen molar-refractivity contribution in [1.82, 2.24) is 8.87 Å². The van der Waals surface area contributed by atoms with E-state index in [1.165, 1.54) is 41.2 Å². The average Bonchev–Trinajstić information content (AvgIpc) is 3.53. The van der Waals surface area contributed by atoms with Crippen molar-refractivity contribution in [2.45, 2.75) is 30.5 Å². The number of hydrogen-bond donors (Lipinski definition) is 0. The van der Waals surface area contributed by atoms with E-state index < -0.39 is 21.9 Å². The number of carbonyl (C=O) groups excluding carboxylic acids is 2. The van der Waals surface area contributed by atoms with Crippen LogP contribution in [0.2, 0.25) is 0 Å². The number of aromatic nitrogens is 1. The van der Waals surface area contributed by atoms with Crippen molar-refractivity contribution in [1.29, 1.82) is 0 Å². The number of hydrogen-bond acceptors (Lipinski definition) is 9. The third-order valence-electron chi connectivity index (χ3n) is 5.88. The second-order valence-electron chi connectivity index (χ2n) is 7.98. The topological polar surface area (TPSA) is 116 Å². The summed E-state index contributed by atoms with van der Waals surface area (Å²) < 4.78 is 45.7. The van der Waals surface area contributed by atoms with E-state index >= 15 is 0 Å². The Hall–Kier alpha value is -2.74. The van der Waals surface area contributed by atoms with Crippen LogP contribution >= 0.6 is 22.7 Å². The van der Waals surface area contributed by atoms with Gasteiger partial charge in [0.25, 0.3) is 15.9 Å². The molecule has 194 valence electrons. The van der Waals surface area contributed by atoms with Crippen molar-refractivity contribution < 1.29 is 32.2 Å². The molecule has 3 heterocycles. The predicted octanol–water partition coefficient (Wildman–Crippen LogP) is 2.87. The number of methoxy groups -OCH3 is 2. The van der Waals surface area contributed by atoms with Crippen molar-refractivity contribution in [3.63, 3.8) is 0 Å². The molecule has 0 saturated carbocycles. The van der Waals surface area contributed by atoms with Crippen molar-refractivity contribution in [3.8, 4) is 11.5 Å². The molecule has 10 nitrogen and oxygen atoms in total. The summed E-state index contributed by atoms with van der Waals surface area (Å²) in [5.74, 6) is -0.181. The molecule has 0 bridgehead atoms. The highest BCUT2D eigenvalue weighted by molar-refractivity contribution is 7.91. The summed E-state index contributed by atoms with van der Waals surface area (Å²) >= 11 is 2.39. The van der Waals surface area contributed by atoms with E-state index in [0.717, 1.165) is 0 Å². The first-order valence-electron chi connectivity index (χ1n) is 11.3. The van der Waals surface area contributed by atoms with Crippen LogP contribution in [0.25, 0.3) is 10.2 Å². The van der Waals surface area contributed by atoms with Crippen molar-refractivity contribution in [2.24, 2.45) is 10.9 Å². The number of esters is 1. The number of rotatable bonds is 8. The first kappa shape index (κ1) is 26.3. The van der Waals surface area contributed by atoms with Gasteiger partial charge < -0.3 is 18.8 Å². The Bertz CT molecular complexity index is 1420. The lowest BCUT2D eigenvalue weighted by molar-refractivity contribution is -0.143. The number of benzene rings is 1. The first-order valence-corrected chi connectivity index (χ1v) is 14.5. The largest absolute Gasteiger partial charge is 0.495 e. The lowest BCUT2D eigenvalue weighted by Crippen LogP contribution is -2.40. The minimum Gasteiger partial charge on any atom is -0.495 e. The van der Waals surface area contributed by atoms with Crippen LogP contribution in [-0.4, -0.2) is 63.1 Å². The molecule has 36 heavy (non-hydrogen) atoms. The lowest BCUT2D eigenvalue weighted by Gasteiger charge is -2.29. The van der Waals surface area contributed by atoms with E-state index in [-0.39, 0.29) is 32.1 Å². The molecule has 1 saturated heterocycles. The second-order valence-corrected chi connectivity index (χ2v) is 12.1. The standard InChI is InChI=1S/C23H27N3O7S3/c1-4-33-18(27)14-26-20-16(31-2)7-8-17(32-3)21(20)35-23(26)24-22(28)15-9-11-25(12-10-15)36(29,30)19-6-5-13-34-19/h5-8,13,15H,4,9-12,14H2,1-3H3. The number of thiazole rings is 1. The summed E-state index contributed by atoms with van der Waals surface area (Å²) in [5.41, 5.74) is 0.582. The molecule has 0 atom stereocenters. The second kappa shape index (κ2) is 11.1. The van der Waals surface area contributed by atoms with Crippen molar-refractivity contribution in [3.05, 3.63) is 34.4 Å². The molecule has 0 aliphatic carbocycles. The molecule has 1 aliphatic rings. The molecule has 0 unspecified atom stereocenters. The maximum atomic E-state index is 13.2. The van der Waals surface area contributed by atoms with E-state index in [1.807, 2.05) is 0 Å². The third-order valence-corrected chi connectivity index (χ3v) is 10.2. The minimum absolute atomic E-state index is 0.152. The first-order chi connectivity index (χ1) is 17.3. The number of nitrogens with zero attached hydrogens (tertiary/aromatic N) is 3. The number of amides is 1. The van der Waals surface area contributed by atoms with Gasteiger partial charge in [0, 0.05) is 19.0 Å². The van der Waals surface area contributed by atoms with Crippen LogP contribution in [-0.2, 0) is 30.9 Å². The zero-order valence-corrected chi connectivity index (χ0v) is 22.6. The van der Waals surface area contributed by atoms with E-state index in [1.54, 1.807) is 41.1 Å². The van der Waals surface area contributed by atoms with Gasteiger partial charge in [0.2, 0.25) is 0 Å². The Morgan fingerprint density at radius 1 is 1.11 bits per heavy atom. The Kier molecular flexibility index (Phi) is 8.13. The monoisotopic (exact) mass is 553 g/mol. The van der Waals surface area contributed by atoms with E-state index in [2.05, 4.69) is 4.99 Å².